The van der Waals surface area contributed by atoms with E-state index in [-0.39, 0.29) is 57.0 Å². The topological polar surface area (TPSA) is 69.2 Å². The van der Waals surface area contributed by atoms with Gasteiger partial charge in [0.25, 0.3) is 0 Å². The summed E-state index contributed by atoms with van der Waals surface area (Å²) in [6, 6.07) is 0. The summed E-state index contributed by atoms with van der Waals surface area (Å²) in [4.78, 5) is 20.3. The second-order valence-corrected chi connectivity index (χ2v) is 1.84. The van der Waals surface area contributed by atoms with Crippen LogP contribution in [0.4, 0.5) is 0 Å². The molecule has 0 atom stereocenters. The Morgan fingerprint density at radius 3 is 2.27 bits per heavy atom. The molecule has 0 rings (SSSR count). The molecule has 0 radical (unpaired) electrons. The molecule has 0 aliphatic heterocycles. The van der Waals surface area contributed by atoms with Crippen molar-refractivity contribution < 1.29 is 66.1 Å². The molecule has 5 heteroatoms. The van der Waals surface area contributed by atoms with Gasteiger partial charge in [-0.2, -0.15) is 0 Å². The third kappa shape index (κ3) is 8.22. The van der Waals surface area contributed by atoms with Crippen LogP contribution in [-0.4, -0.2) is 18.4 Å². The van der Waals surface area contributed by atoms with E-state index in [2.05, 4.69) is 11.9 Å². The van der Waals surface area contributed by atoms with Crippen molar-refractivity contribution in [2.45, 2.75) is 6.92 Å². The van der Waals surface area contributed by atoms with E-state index in [0.29, 0.717) is 0 Å². The van der Waals surface area contributed by atoms with Crippen LogP contribution in [0.5, 0.6) is 0 Å². The summed E-state index contributed by atoms with van der Waals surface area (Å²) in [5.74, 6) is -1.78. The first-order chi connectivity index (χ1) is 4.54. The number of rotatable bonds is 3. The van der Waals surface area contributed by atoms with Gasteiger partial charge in [0.05, 0.1) is 12.5 Å². The Morgan fingerprint density at radius 1 is 1.55 bits per heavy atom. The number of carboxylic acid groups (broad SMARTS) is 1. The second-order valence-electron chi connectivity index (χ2n) is 1.84. The van der Waals surface area contributed by atoms with Crippen LogP contribution in [0.25, 0.3) is 0 Å². The third-order valence-corrected chi connectivity index (χ3v) is 0.781. The summed E-state index contributed by atoms with van der Waals surface area (Å²) in [7, 11) is 0. The van der Waals surface area contributed by atoms with Crippen molar-refractivity contribution in [1.29, 1.82) is 0 Å². The van der Waals surface area contributed by atoms with E-state index in [0.717, 1.165) is 0 Å². The molecular weight excluding hydrogens is 173 g/mol. The van der Waals surface area contributed by atoms with Crippen molar-refractivity contribution in [3.8, 4) is 0 Å². The molecule has 0 aromatic rings. The fraction of sp³-hybridized carbons (Fsp3) is 0.333. The molecule has 0 spiro atoms. The summed E-state index contributed by atoms with van der Waals surface area (Å²) in [5.41, 5.74) is 0.279. The maximum absolute atomic E-state index is 10.5. The fourth-order valence-electron chi connectivity index (χ4n) is 0.303. The van der Waals surface area contributed by atoms with Crippen LogP contribution in [0.3, 0.4) is 0 Å². The van der Waals surface area contributed by atoms with Crippen LogP contribution in [0.2, 0.25) is 0 Å². The predicted molar refractivity (Wildman–Crippen MR) is 32.8 cm³/mol. The summed E-state index contributed by atoms with van der Waals surface area (Å²) in [6.07, 6.45) is 0. The van der Waals surface area contributed by atoms with E-state index in [1.54, 1.807) is 0 Å². The minimum atomic E-state index is -1.31. The van der Waals surface area contributed by atoms with E-state index in [9.17, 15) is 14.7 Å². The number of hydrogen-bond donors (Lipinski definition) is 1. The number of carbonyl (C=O) groups is 2. The zero-order valence-electron chi connectivity index (χ0n) is 6.64. The Morgan fingerprint density at radius 2 is 2.00 bits per heavy atom. The van der Waals surface area contributed by atoms with Gasteiger partial charge < -0.3 is 15.2 Å². The molecule has 4 nitrogen and oxygen atoms in total. The van der Waals surface area contributed by atoms with E-state index in [1.807, 2.05) is 0 Å². The smallest absolute Gasteiger partial charge is 0.548 e. The molecule has 0 aliphatic carbocycles. The first kappa shape index (κ1) is 13.9. The van der Waals surface area contributed by atoms with Crippen molar-refractivity contribution in [3.05, 3.63) is 12.2 Å². The first-order valence-electron chi connectivity index (χ1n) is 2.67. The van der Waals surface area contributed by atoms with E-state index in [1.165, 1.54) is 6.92 Å². The zero-order chi connectivity index (χ0) is 8.15. The Balaban J connectivity index is 0. The number of nitrogens with one attached hydrogen (secondary N) is 1. The van der Waals surface area contributed by atoms with Crippen LogP contribution in [0, 0.1) is 0 Å². The van der Waals surface area contributed by atoms with E-state index in [4.69, 9.17) is 0 Å². The summed E-state index contributed by atoms with van der Waals surface area (Å²) >= 11 is 0. The van der Waals surface area contributed by atoms with Gasteiger partial charge in [0.1, 0.15) is 0 Å². The van der Waals surface area contributed by atoms with Crippen molar-refractivity contribution in [3.63, 3.8) is 0 Å². The number of amides is 1. The number of carboxylic acids is 1. The Kier molecular flexibility index (Phi) is 8.82. The summed E-state index contributed by atoms with van der Waals surface area (Å²) < 4.78 is 0. The van der Waals surface area contributed by atoms with Gasteiger partial charge >= 0.3 is 51.4 Å². The molecule has 0 saturated carbocycles. The number of carbonyl (C=O) groups excluding carboxylic acids is 2. The Labute approximate surface area is 107 Å². The first-order valence-corrected chi connectivity index (χ1v) is 2.67. The molecule has 1 amide bonds. The van der Waals surface area contributed by atoms with E-state index < -0.39 is 18.4 Å². The van der Waals surface area contributed by atoms with Crippen molar-refractivity contribution in [2.24, 2.45) is 0 Å². The molecule has 0 bridgehead atoms. The summed E-state index contributed by atoms with van der Waals surface area (Å²) in [6.45, 7) is 4.33. The monoisotopic (exact) mass is 181 g/mol. The van der Waals surface area contributed by atoms with Crippen molar-refractivity contribution in [1.82, 2.24) is 5.32 Å². The quantitative estimate of drug-likeness (QED) is 0.352. The van der Waals surface area contributed by atoms with Gasteiger partial charge in [-0.3, -0.25) is 4.79 Å². The van der Waals surface area contributed by atoms with Crippen LogP contribution in [-0.2, 0) is 9.59 Å². The largest absolute Gasteiger partial charge is 1.00 e. The zero-order valence-corrected chi connectivity index (χ0v) is 9.76. The van der Waals surface area contributed by atoms with Gasteiger partial charge in [0.2, 0.25) is 5.91 Å². The normalized spacial score (nSPS) is 7.73. The molecule has 0 unspecified atom stereocenters. The molecule has 56 valence electrons. The molecule has 0 aliphatic rings. The average Bonchev–Trinajstić information content (AvgIpc) is 1.82. The van der Waals surface area contributed by atoms with Gasteiger partial charge in [-0.05, 0) is 6.92 Å². The SMILES string of the molecule is C=C(C)C(=O)NCC(=O)[O-].[K+]. The maximum atomic E-state index is 10.5. The van der Waals surface area contributed by atoms with Gasteiger partial charge in [0.15, 0.2) is 0 Å². The fourth-order valence-corrected chi connectivity index (χ4v) is 0.303. The van der Waals surface area contributed by atoms with E-state index >= 15 is 0 Å². The molecule has 0 aromatic carbocycles. The van der Waals surface area contributed by atoms with Gasteiger partial charge in [-0.15, -0.1) is 0 Å². The van der Waals surface area contributed by atoms with Crippen molar-refractivity contribution >= 4 is 11.9 Å². The predicted octanol–water partition coefficient (Wildman–Crippen LogP) is -4.57. The number of hydrogen-bond acceptors (Lipinski definition) is 3. The standard InChI is InChI=1S/C6H9NO3.K/c1-4(2)6(10)7-3-5(8)9;/h1,3H2,2H3,(H,7,10)(H,8,9);/q;+1/p-1. The average molecular weight is 181 g/mol. The maximum Gasteiger partial charge on any atom is 1.00 e. The minimum absolute atomic E-state index is 0. The van der Waals surface area contributed by atoms with Crippen LogP contribution in [0.1, 0.15) is 6.92 Å². The Bertz CT molecular complexity index is 179. The molecular formula is C6H8KNO3. The molecule has 0 aromatic heterocycles. The van der Waals surface area contributed by atoms with Gasteiger partial charge in [-0.1, -0.05) is 6.58 Å². The number of aliphatic carboxylic acids is 1. The molecule has 0 saturated heterocycles. The van der Waals surface area contributed by atoms with Gasteiger partial charge in [0, 0.05) is 5.57 Å². The van der Waals surface area contributed by atoms with Crippen LogP contribution < -0.4 is 61.8 Å². The van der Waals surface area contributed by atoms with Gasteiger partial charge in [-0.25, -0.2) is 0 Å². The van der Waals surface area contributed by atoms with Crippen LogP contribution in [0.15, 0.2) is 12.2 Å². The molecule has 11 heavy (non-hydrogen) atoms. The second kappa shape index (κ2) is 6.99. The summed E-state index contributed by atoms with van der Waals surface area (Å²) in [5, 5.41) is 11.9. The molecule has 0 heterocycles. The molecule has 0 fully saturated rings. The van der Waals surface area contributed by atoms with Crippen molar-refractivity contribution in [2.75, 3.05) is 6.54 Å². The minimum Gasteiger partial charge on any atom is -0.548 e. The molecule has 1 N–H and O–H groups in total. The van der Waals surface area contributed by atoms with Crippen LogP contribution >= 0.6 is 0 Å². The third-order valence-electron chi connectivity index (χ3n) is 0.781. The Hall–Kier alpha value is 0.316.